The number of hydrogen-bond donors (Lipinski definition) is 1. The molecule has 3 heteroatoms. The molecule has 1 fully saturated rings. The monoisotopic (exact) mass is 199 g/mol. The molecule has 0 spiro atoms. The van der Waals surface area contributed by atoms with Crippen molar-refractivity contribution in [2.24, 2.45) is 0 Å². The van der Waals surface area contributed by atoms with Crippen molar-refractivity contribution < 1.29 is 4.39 Å². The van der Waals surface area contributed by atoms with Crippen molar-refractivity contribution in [3.05, 3.63) is 29.0 Å². The summed E-state index contributed by atoms with van der Waals surface area (Å²) >= 11 is 5.64. The Bertz CT molecular complexity index is 310. The molecule has 70 valence electrons. The molecule has 1 nitrogen and oxygen atoms in total. The maximum atomic E-state index is 13.3. The van der Waals surface area contributed by atoms with Crippen molar-refractivity contribution in [2.75, 3.05) is 5.32 Å². The van der Waals surface area contributed by atoms with E-state index in [4.69, 9.17) is 11.6 Å². The van der Waals surface area contributed by atoms with Crippen LogP contribution in [0.25, 0.3) is 0 Å². The minimum atomic E-state index is -0.337. The molecule has 0 aromatic heterocycles. The van der Waals surface area contributed by atoms with Gasteiger partial charge in [-0.2, -0.15) is 0 Å². The van der Waals surface area contributed by atoms with Crippen LogP contribution in [0, 0.1) is 5.82 Å². The smallest absolute Gasteiger partial charge is 0.164 e. The fraction of sp³-hybridized carbons (Fsp3) is 0.400. The Morgan fingerprint density at radius 1 is 1.38 bits per heavy atom. The highest BCUT2D eigenvalue weighted by Gasteiger charge is 2.18. The van der Waals surface area contributed by atoms with E-state index in [0.29, 0.717) is 11.7 Å². The zero-order valence-electron chi connectivity index (χ0n) is 7.19. The van der Waals surface area contributed by atoms with Gasteiger partial charge in [0.2, 0.25) is 0 Å². The highest BCUT2D eigenvalue weighted by atomic mass is 35.5. The van der Waals surface area contributed by atoms with Crippen molar-refractivity contribution in [1.82, 2.24) is 0 Å². The first-order valence-electron chi connectivity index (χ1n) is 4.48. The molecule has 0 unspecified atom stereocenters. The van der Waals surface area contributed by atoms with Crippen LogP contribution >= 0.6 is 11.6 Å². The van der Waals surface area contributed by atoms with Gasteiger partial charge in [-0.25, -0.2) is 4.39 Å². The Morgan fingerprint density at radius 2 is 2.15 bits per heavy atom. The van der Waals surface area contributed by atoms with E-state index >= 15 is 0 Å². The number of halogens is 2. The van der Waals surface area contributed by atoms with Gasteiger partial charge in [-0.15, -0.1) is 0 Å². The lowest BCUT2D eigenvalue weighted by Crippen LogP contribution is -2.27. The third-order valence-electron chi connectivity index (χ3n) is 2.42. The first-order valence-corrected chi connectivity index (χ1v) is 4.86. The SMILES string of the molecule is Fc1c(Cl)cccc1NC1CCC1. The molecule has 1 aromatic carbocycles. The summed E-state index contributed by atoms with van der Waals surface area (Å²) in [5, 5.41) is 3.31. The highest BCUT2D eigenvalue weighted by Crippen LogP contribution is 2.27. The Kier molecular flexibility index (Phi) is 2.40. The summed E-state index contributed by atoms with van der Waals surface area (Å²) < 4.78 is 13.3. The first-order chi connectivity index (χ1) is 6.27. The lowest BCUT2D eigenvalue weighted by molar-refractivity contribution is 0.443. The molecule has 1 aliphatic carbocycles. The maximum absolute atomic E-state index is 13.3. The van der Waals surface area contributed by atoms with Crippen LogP contribution in [0.15, 0.2) is 18.2 Å². The average molecular weight is 200 g/mol. The summed E-state index contributed by atoms with van der Waals surface area (Å²) in [5.74, 6) is -0.337. The quantitative estimate of drug-likeness (QED) is 0.770. The van der Waals surface area contributed by atoms with Crippen molar-refractivity contribution in [3.8, 4) is 0 Å². The van der Waals surface area contributed by atoms with E-state index in [1.54, 1.807) is 18.2 Å². The maximum Gasteiger partial charge on any atom is 0.164 e. The Balaban J connectivity index is 2.14. The third-order valence-corrected chi connectivity index (χ3v) is 2.71. The number of nitrogens with one attached hydrogen (secondary N) is 1. The van der Waals surface area contributed by atoms with Crippen LogP contribution in [0.1, 0.15) is 19.3 Å². The molecule has 1 saturated carbocycles. The molecular weight excluding hydrogens is 189 g/mol. The molecule has 0 bridgehead atoms. The largest absolute Gasteiger partial charge is 0.380 e. The Hall–Kier alpha value is -0.760. The van der Waals surface area contributed by atoms with E-state index in [2.05, 4.69) is 5.32 Å². The van der Waals surface area contributed by atoms with Gasteiger partial charge in [-0.3, -0.25) is 0 Å². The molecule has 0 radical (unpaired) electrons. The zero-order valence-corrected chi connectivity index (χ0v) is 7.94. The van der Waals surface area contributed by atoms with Gasteiger partial charge in [0, 0.05) is 6.04 Å². The van der Waals surface area contributed by atoms with Gasteiger partial charge < -0.3 is 5.32 Å². The fourth-order valence-corrected chi connectivity index (χ4v) is 1.56. The van der Waals surface area contributed by atoms with Crippen LogP contribution < -0.4 is 5.32 Å². The zero-order chi connectivity index (χ0) is 9.26. The summed E-state index contributed by atoms with van der Waals surface area (Å²) in [6.07, 6.45) is 3.50. The third kappa shape index (κ3) is 1.78. The van der Waals surface area contributed by atoms with Crippen molar-refractivity contribution >= 4 is 17.3 Å². The first kappa shape index (κ1) is 8.82. The van der Waals surface area contributed by atoms with Crippen molar-refractivity contribution in [3.63, 3.8) is 0 Å². The van der Waals surface area contributed by atoms with Crippen molar-refractivity contribution in [1.29, 1.82) is 0 Å². The Labute approximate surface area is 81.9 Å². The van der Waals surface area contributed by atoms with Gasteiger partial charge in [-0.05, 0) is 31.4 Å². The molecule has 13 heavy (non-hydrogen) atoms. The van der Waals surface area contributed by atoms with Crippen LogP contribution in [-0.4, -0.2) is 6.04 Å². The minimum absolute atomic E-state index is 0.185. The Morgan fingerprint density at radius 3 is 2.77 bits per heavy atom. The summed E-state index contributed by atoms with van der Waals surface area (Å²) in [6.45, 7) is 0. The standard InChI is InChI=1S/C10H11ClFN/c11-8-5-2-6-9(10(8)12)13-7-3-1-4-7/h2,5-7,13H,1,3-4H2. The molecular formula is C10H11ClFN. The number of rotatable bonds is 2. The molecule has 0 amide bonds. The summed E-state index contributed by atoms with van der Waals surface area (Å²) in [5.41, 5.74) is 0.525. The normalized spacial score (nSPS) is 16.8. The second kappa shape index (κ2) is 3.54. The molecule has 0 aliphatic heterocycles. The fourth-order valence-electron chi connectivity index (χ4n) is 1.39. The van der Waals surface area contributed by atoms with Gasteiger partial charge in [0.25, 0.3) is 0 Å². The number of benzene rings is 1. The number of anilines is 1. The molecule has 0 heterocycles. The van der Waals surface area contributed by atoms with E-state index in [1.165, 1.54) is 6.42 Å². The molecule has 1 aliphatic rings. The summed E-state index contributed by atoms with van der Waals surface area (Å²) in [6, 6.07) is 5.47. The lowest BCUT2D eigenvalue weighted by atomic mass is 9.93. The second-order valence-electron chi connectivity index (χ2n) is 3.37. The lowest BCUT2D eigenvalue weighted by Gasteiger charge is -2.27. The average Bonchev–Trinajstić information content (AvgIpc) is 2.04. The van der Waals surface area contributed by atoms with Gasteiger partial charge in [0.1, 0.15) is 0 Å². The van der Waals surface area contributed by atoms with Crippen LogP contribution in [0.2, 0.25) is 5.02 Å². The molecule has 1 aromatic rings. The molecule has 2 rings (SSSR count). The second-order valence-corrected chi connectivity index (χ2v) is 3.78. The van der Waals surface area contributed by atoms with E-state index in [9.17, 15) is 4.39 Å². The predicted molar refractivity (Wildman–Crippen MR) is 52.7 cm³/mol. The van der Waals surface area contributed by atoms with E-state index in [-0.39, 0.29) is 10.8 Å². The van der Waals surface area contributed by atoms with Crippen LogP contribution in [0.3, 0.4) is 0 Å². The minimum Gasteiger partial charge on any atom is -0.380 e. The molecule has 0 atom stereocenters. The van der Waals surface area contributed by atoms with Gasteiger partial charge in [0.15, 0.2) is 5.82 Å². The van der Waals surface area contributed by atoms with Crippen LogP contribution in [-0.2, 0) is 0 Å². The summed E-state index contributed by atoms with van der Waals surface area (Å²) in [4.78, 5) is 0. The predicted octanol–water partition coefficient (Wildman–Crippen LogP) is 3.44. The van der Waals surface area contributed by atoms with Crippen LogP contribution in [0.4, 0.5) is 10.1 Å². The topological polar surface area (TPSA) is 12.0 Å². The van der Waals surface area contributed by atoms with E-state index < -0.39 is 0 Å². The highest BCUT2D eigenvalue weighted by molar-refractivity contribution is 6.31. The van der Waals surface area contributed by atoms with Crippen LogP contribution in [0.5, 0.6) is 0 Å². The molecule has 0 saturated heterocycles. The molecule has 1 N–H and O–H groups in total. The summed E-state index contributed by atoms with van der Waals surface area (Å²) in [7, 11) is 0. The van der Waals surface area contributed by atoms with E-state index in [1.807, 2.05) is 0 Å². The van der Waals surface area contributed by atoms with E-state index in [0.717, 1.165) is 12.8 Å². The van der Waals surface area contributed by atoms with Gasteiger partial charge in [0.05, 0.1) is 10.7 Å². The van der Waals surface area contributed by atoms with Gasteiger partial charge >= 0.3 is 0 Å². The van der Waals surface area contributed by atoms with Crippen molar-refractivity contribution in [2.45, 2.75) is 25.3 Å². The number of hydrogen-bond acceptors (Lipinski definition) is 1. The van der Waals surface area contributed by atoms with Gasteiger partial charge in [-0.1, -0.05) is 17.7 Å².